The average Bonchev–Trinajstić information content (AvgIpc) is 2.76. The Bertz CT molecular complexity index is 215. The van der Waals surface area contributed by atoms with Gasteiger partial charge in [0, 0.05) is 6.04 Å². The van der Waals surface area contributed by atoms with Crippen molar-refractivity contribution in [3.63, 3.8) is 0 Å². The molecule has 0 aromatic heterocycles. The first-order valence-electron chi connectivity index (χ1n) is 5.37. The van der Waals surface area contributed by atoms with Gasteiger partial charge in [0.15, 0.2) is 0 Å². The van der Waals surface area contributed by atoms with Crippen molar-refractivity contribution in [2.75, 3.05) is 13.1 Å². The van der Waals surface area contributed by atoms with Crippen molar-refractivity contribution < 1.29 is 0 Å². The standard InChI is InChI=1S/C11H18N2/c1-8(2)13-5-3-9-10(4-6-13)11(9)7-12/h8-11H,3-6H2,1-2H3. The molecule has 0 aromatic rings. The lowest BCUT2D eigenvalue weighted by atomic mass is 10.2. The molecule has 2 fully saturated rings. The number of fused-ring (bicyclic) bond motifs is 1. The van der Waals surface area contributed by atoms with Crippen molar-refractivity contribution in [3.05, 3.63) is 0 Å². The third-order valence-corrected chi connectivity index (χ3v) is 3.71. The normalized spacial score (nSPS) is 39.4. The number of hydrogen-bond acceptors (Lipinski definition) is 2. The van der Waals surface area contributed by atoms with Gasteiger partial charge in [-0.3, -0.25) is 0 Å². The summed E-state index contributed by atoms with van der Waals surface area (Å²) in [6, 6.07) is 3.11. The maximum Gasteiger partial charge on any atom is 0.0661 e. The van der Waals surface area contributed by atoms with E-state index in [1.807, 2.05) is 0 Å². The zero-order valence-electron chi connectivity index (χ0n) is 8.53. The van der Waals surface area contributed by atoms with E-state index in [9.17, 15) is 0 Å². The topological polar surface area (TPSA) is 27.0 Å². The largest absolute Gasteiger partial charge is 0.301 e. The quantitative estimate of drug-likeness (QED) is 0.613. The van der Waals surface area contributed by atoms with Gasteiger partial charge in [0.05, 0.1) is 12.0 Å². The molecule has 1 aliphatic carbocycles. The summed E-state index contributed by atoms with van der Waals surface area (Å²) in [7, 11) is 0. The van der Waals surface area contributed by atoms with Crippen molar-refractivity contribution in [1.29, 1.82) is 5.26 Å². The molecular weight excluding hydrogens is 160 g/mol. The number of likely N-dealkylation sites (tertiary alicyclic amines) is 1. The molecule has 2 nitrogen and oxygen atoms in total. The molecule has 72 valence electrons. The molecule has 1 saturated heterocycles. The van der Waals surface area contributed by atoms with Crippen molar-refractivity contribution >= 4 is 0 Å². The summed E-state index contributed by atoms with van der Waals surface area (Å²) >= 11 is 0. The summed E-state index contributed by atoms with van der Waals surface area (Å²) in [6.45, 7) is 6.94. The molecule has 2 atom stereocenters. The molecule has 0 aromatic carbocycles. The van der Waals surface area contributed by atoms with E-state index in [-0.39, 0.29) is 0 Å². The first kappa shape index (κ1) is 9.02. The van der Waals surface area contributed by atoms with Crippen LogP contribution in [-0.2, 0) is 0 Å². The highest BCUT2D eigenvalue weighted by atomic mass is 15.1. The van der Waals surface area contributed by atoms with Crippen LogP contribution in [0, 0.1) is 29.1 Å². The van der Waals surface area contributed by atoms with Gasteiger partial charge < -0.3 is 4.90 Å². The molecule has 0 N–H and O–H groups in total. The van der Waals surface area contributed by atoms with Crippen LogP contribution in [0.25, 0.3) is 0 Å². The Morgan fingerprint density at radius 1 is 1.23 bits per heavy atom. The molecule has 2 unspecified atom stereocenters. The van der Waals surface area contributed by atoms with Gasteiger partial charge >= 0.3 is 0 Å². The summed E-state index contributed by atoms with van der Waals surface area (Å²) in [6.07, 6.45) is 2.50. The molecule has 2 rings (SSSR count). The Labute approximate surface area is 80.5 Å². The second-order valence-electron chi connectivity index (χ2n) is 4.69. The lowest BCUT2D eigenvalue weighted by Gasteiger charge is -2.24. The molecule has 0 radical (unpaired) electrons. The van der Waals surface area contributed by atoms with Crippen LogP contribution in [0.4, 0.5) is 0 Å². The van der Waals surface area contributed by atoms with Crippen LogP contribution < -0.4 is 0 Å². The van der Waals surface area contributed by atoms with Gasteiger partial charge in [-0.05, 0) is 51.6 Å². The number of nitrogens with zero attached hydrogens (tertiary/aromatic N) is 2. The Hall–Kier alpha value is -0.550. The van der Waals surface area contributed by atoms with E-state index in [0.29, 0.717) is 12.0 Å². The van der Waals surface area contributed by atoms with E-state index in [2.05, 4.69) is 24.8 Å². The Morgan fingerprint density at radius 2 is 1.77 bits per heavy atom. The zero-order chi connectivity index (χ0) is 9.42. The van der Waals surface area contributed by atoms with Gasteiger partial charge in [-0.15, -0.1) is 0 Å². The maximum atomic E-state index is 8.84. The van der Waals surface area contributed by atoms with Crippen LogP contribution in [0.1, 0.15) is 26.7 Å². The van der Waals surface area contributed by atoms with Crippen LogP contribution in [0.2, 0.25) is 0 Å². The van der Waals surface area contributed by atoms with Crippen LogP contribution >= 0.6 is 0 Å². The second-order valence-corrected chi connectivity index (χ2v) is 4.69. The van der Waals surface area contributed by atoms with Crippen LogP contribution in [0.3, 0.4) is 0 Å². The maximum absolute atomic E-state index is 8.84. The molecule has 1 heterocycles. The predicted molar refractivity (Wildman–Crippen MR) is 52.0 cm³/mol. The Balaban J connectivity index is 1.89. The molecule has 1 aliphatic heterocycles. The summed E-state index contributed by atoms with van der Waals surface area (Å²) in [4.78, 5) is 2.54. The van der Waals surface area contributed by atoms with Gasteiger partial charge in [-0.1, -0.05) is 0 Å². The first-order chi connectivity index (χ1) is 6.24. The minimum atomic E-state index is 0.411. The van der Waals surface area contributed by atoms with Crippen molar-refractivity contribution in [2.24, 2.45) is 17.8 Å². The fraction of sp³-hybridized carbons (Fsp3) is 0.909. The molecule has 0 amide bonds. The molecule has 13 heavy (non-hydrogen) atoms. The Kier molecular flexibility index (Phi) is 2.29. The Morgan fingerprint density at radius 3 is 2.15 bits per heavy atom. The number of rotatable bonds is 1. The fourth-order valence-corrected chi connectivity index (χ4v) is 2.68. The lowest BCUT2D eigenvalue weighted by Crippen LogP contribution is -2.32. The van der Waals surface area contributed by atoms with Gasteiger partial charge in [-0.25, -0.2) is 0 Å². The van der Waals surface area contributed by atoms with Crippen molar-refractivity contribution in [2.45, 2.75) is 32.7 Å². The molecule has 0 spiro atoms. The molecular formula is C11H18N2. The molecule has 2 heteroatoms. The third-order valence-electron chi connectivity index (χ3n) is 3.71. The first-order valence-corrected chi connectivity index (χ1v) is 5.37. The van der Waals surface area contributed by atoms with E-state index < -0.39 is 0 Å². The van der Waals surface area contributed by atoms with Crippen LogP contribution in [-0.4, -0.2) is 24.0 Å². The number of hydrogen-bond donors (Lipinski definition) is 0. The fourth-order valence-electron chi connectivity index (χ4n) is 2.68. The summed E-state index contributed by atoms with van der Waals surface area (Å²) in [5.41, 5.74) is 0. The SMILES string of the molecule is CC(C)N1CCC2C(C#N)C2CC1. The van der Waals surface area contributed by atoms with E-state index in [1.54, 1.807) is 0 Å². The highest BCUT2D eigenvalue weighted by Gasteiger charge is 2.50. The minimum absolute atomic E-state index is 0.411. The van der Waals surface area contributed by atoms with Gasteiger partial charge in [0.25, 0.3) is 0 Å². The molecule has 0 bridgehead atoms. The van der Waals surface area contributed by atoms with Crippen molar-refractivity contribution in [1.82, 2.24) is 4.90 Å². The van der Waals surface area contributed by atoms with E-state index >= 15 is 0 Å². The van der Waals surface area contributed by atoms with Crippen molar-refractivity contribution in [3.8, 4) is 6.07 Å². The third kappa shape index (κ3) is 1.58. The van der Waals surface area contributed by atoms with E-state index in [4.69, 9.17) is 5.26 Å². The zero-order valence-corrected chi connectivity index (χ0v) is 8.53. The van der Waals surface area contributed by atoms with Gasteiger partial charge in [0.1, 0.15) is 0 Å². The van der Waals surface area contributed by atoms with E-state index in [1.165, 1.54) is 25.9 Å². The monoisotopic (exact) mass is 178 g/mol. The molecule has 2 aliphatic rings. The highest BCUT2D eigenvalue weighted by molar-refractivity contribution is 5.09. The molecule has 1 saturated carbocycles. The predicted octanol–water partition coefficient (Wildman–Crippen LogP) is 1.88. The summed E-state index contributed by atoms with van der Waals surface area (Å²) in [5.74, 6) is 1.90. The summed E-state index contributed by atoms with van der Waals surface area (Å²) < 4.78 is 0. The average molecular weight is 178 g/mol. The van der Waals surface area contributed by atoms with Crippen LogP contribution in [0.15, 0.2) is 0 Å². The van der Waals surface area contributed by atoms with Crippen LogP contribution in [0.5, 0.6) is 0 Å². The van der Waals surface area contributed by atoms with Gasteiger partial charge in [-0.2, -0.15) is 5.26 Å². The second kappa shape index (κ2) is 3.31. The van der Waals surface area contributed by atoms with E-state index in [0.717, 1.165) is 11.8 Å². The number of nitriles is 1. The highest BCUT2D eigenvalue weighted by Crippen LogP contribution is 2.51. The lowest BCUT2D eigenvalue weighted by molar-refractivity contribution is 0.221. The minimum Gasteiger partial charge on any atom is -0.301 e. The smallest absolute Gasteiger partial charge is 0.0661 e. The summed E-state index contributed by atoms with van der Waals surface area (Å²) in [5, 5.41) is 8.84. The van der Waals surface area contributed by atoms with Gasteiger partial charge in [0.2, 0.25) is 0 Å².